The van der Waals surface area contributed by atoms with Gasteiger partial charge < -0.3 is 5.32 Å². The van der Waals surface area contributed by atoms with E-state index in [4.69, 9.17) is 0 Å². The Kier molecular flexibility index (Phi) is 2.12. The Morgan fingerprint density at radius 2 is 2.23 bits per heavy atom. The zero-order valence-corrected chi connectivity index (χ0v) is 8.43. The molecule has 2 rings (SSSR count). The summed E-state index contributed by atoms with van der Waals surface area (Å²) in [5.41, 5.74) is 3.12. The fourth-order valence-electron chi connectivity index (χ4n) is 2.12. The van der Waals surface area contributed by atoms with Crippen molar-refractivity contribution in [3.05, 3.63) is 35.4 Å². The number of aryl methyl sites for hydroxylation is 1. The second kappa shape index (κ2) is 3.15. The van der Waals surface area contributed by atoms with E-state index in [1.54, 1.807) is 0 Å². The normalized spacial score (nSPS) is 26.9. The lowest BCUT2D eigenvalue weighted by molar-refractivity contribution is 0.201. The highest BCUT2D eigenvalue weighted by molar-refractivity contribution is 5.30. The van der Waals surface area contributed by atoms with Gasteiger partial charge in [-0.2, -0.15) is 0 Å². The third-order valence-electron chi connectivity index (χ3n) is 3.19. The van der Waals surface area contributed by atoms with Crippen molar-refractivity contribution < 1.29 is 0 Å². The minimum atomic E-state index is 0.298. The van der Waals surface area contributed by atoms with Crippen LogP contribution in [0.1, 0.15) is 30.9 Å². The lowest BCUT2D eigenvalue weighted by Crippen LogP contribution is -2.53. The van der Waals surface area contributed by atoms with Gasteiger partial charge in [-0.25, -0.2) is 0 Å². The van der Waals surface area contributed by atoms with Crippen LogP contribution in [0.15, 0.2) is 24.3 Å². The highest BCUT2D eigenvalue weighted by atomic mass is 15.0. The summed E-state index contributed by atoms with van der Waals surface area (Å²) in [6, 6.07) is 8.85. The van der Waals surface area contributed by atoms with Gasteiger partial charge in [0.05, 0.1) is 0 Å². The summed E-state index contributed by atoms with van der Waals surface area (Å²) in [4.78, 5) is 0. The molecule has 0 radical (unpaired) electrons. The molecule has 1 N–H and O–H groups in total. The molecule has 1 nitrogen and oxygen atoms in total. The third-order valence-corrected chi connectivity index (χ3v) is 3.19. The first-order valence-electron chi connectivity index (χ1n) is 5.09. The maximum atomic E-state index is 3.55. The molecular weight excluding hydrogens is 158 g/mol. The first kappa shape index (κ1) is 8.76. The summed E-state index contributed by atoms with van der Waals surface area (Å²) < 4.78 is 0. The average Bonchev–Trinajstić information content (AvgIpc) is 2.03. The van der Waals surface area contributed by atoms with E-state index < -0.39 is 0 Å². The average molecular weight is 175 g/mol. The maximum Gasteiger partial charge on any atom is 0.0444 e. The van der Waals surface area contributed by atoms with Gasteiger partial charge in [0, 0.05) is 5.54 Å². The van der Waals surface area contributed by atoms with Gasteiger partial charge in [-0.3, -0.25) is 0 Å². The van der Waals surface area contributed by atoms with Crippen molar-refractivity contribution in [3.8, 4) is 0 Å². The van der Waals surface area contributed by atoms with E-state index in [0.29, 0.717) is 5.54 Å². The Bertz CT molecular complexity index is 294. The number of hydrogen-bond donors (Lipinski definition) is 1. The summed E-state index contributed by atoms with van der Waals surface area (Å²) in [6.45, 7) is 5.59. The van der Waals surface area contributed by atoms with Crippen molar-refractivity contribution in [2.24, 2.45) is 0 Å². The van der Waals surface area contributed by atoms with Crippen molar-refractivity contribution in [2.75, 3.05) is 6.54 Å². The van der Waals surface area contributed by atoms with E-state index in [1.807, 2.05) is 0 Å². The Hall–Kier alpha value is -0.820. The SMILES string of the molecule is CCC1(c2cccc(C)c2)CCN1. The summed E-state index contributed by atoms with van der Waals surface area (Å²) in [7, 11) is 0. The van der Waals surface area contributed by atoms with Crippen LogP contribution in [0.25, 0.3) is 0 Å². The van der Waals surface area contributed by atoms with Gasteiger partial charge in [0.15, 0.2) is 0 Å². The molecule has 1 aromatic carbocycles. The molecule has 1 fully saturated rings. The molecular formula is C12H17N. The van der Waals surface area contributed by atoms with E-state index in [9.17, 15) is 0 Å². The summed E-state index contributed by atoms with van der Waals surface area (Å²) >= 11 is 0. The van der Waals surface area contributed by atoms with Crippen molar-refractivity contribution in [1.82, 2.24) is 5.32 Å². The van der Waals surface area contributed by atoms with Crippen LogP contribution in [0.5, 0.6) is 0 Å². The minimum absolute atomic E-state index is 0.298. The molecule has 0 saturated carbocycles. The summed E-state index contributed by atoms with van der Waals surface area (Å²) in [6.07, 6.45) is 2.48. The summed E-state index contributed by atoms with van der Waals surface area (Å²) in [5.74, 6) is 0. The molecule has 70 valence electrons. The first-order chi connectivity index (χ1) is 6.27. The van der Waals surface area contributed by atoms with Crippen molar-refractivity contribution in [1.29, 1.82) is 0 Å². The molecule has 1 saturated heterocycles. The second-order valence-electron chi connectivity index (χ2n) is 3.98. The number of nitrogens with one attached hydrogen (secondary N) is 1. The van der Waals surface area contributed by atoms with Crippen molar-refractivity contribution in [3.63, 3.8) is 0 Å². The molecule has 0 amide bonds. The molecule has 0 aliphatic carbocycles. The van der Waals surface area contributed by atoms with Gasteiger partial charge in [-0.15, -0.1) is 0 Å². The van der Waals surface area contributed by atoms with E-state index >= 15 is 0 Å². The predicted octanol–water partition coefficient (Wildman–Crippen LogP) is 2.59. The lowest BCUT2D eigenvalue weighted by atomic mass is 9.78. The van der Waals surface area contributed by atoms with E-state index in [0.717, 1.165) is 0 Å². The van der Waals surface area contributed by atoms with Crippen molar-refractivity contribution >= 4 is 0 Å². The van der Waals surface area contributed by atoms with E-state index in [2.05, 4.69) is 43.4 Å². The first-order valence-corrected chi connectivity index (χ1v) is 5.09. The number of benzene rings is 1. The molecule has 1 aliphatic heterocycles. The molecule has 1 aliphatic rings. The Labute approximate surface area is 80.2 Å². The topological polar surface area (TPSA) is 12.0 Å². The monoisotopic (exact) mass is 175 g/mol. The van der Waals surface area contributed by atoms with Crippen molar-refractivity contribution in [2.45, 2.75) is 32.2 Å². The van der Waals surface area contributed by atoms with Crippen LogP contribution in [0.4, 0.5) is 0 Å². The summed E-state index contributed by atoms with van der Waals surface area (Å²) in [5, 5.41) is 3.55. The molecule has 1 heteroatoms. The minimum Gasteiger partial charge on any atom is -0.307 e. The lowest BCUT2D eigenvalue weighted by Gasteiger charge is -2.43. The Morgan fingerprint density at radius 1 is 1.46 bits per heavy atom. The smallest absolute Gasteiger partial charge is 0.0444 e. The van der Waals surface area contributed by atoms with E-state index in [1.165, 1.54) is 30.5 Å². The molecule has 1 unspecified atom stereocenters. The zero-order chi connectivity index (χ0) is 9.31. The molecule has 0 spiro atoms. The second-order valence-corrected chi connectivity index (χ2v) is 3.98. The van der Waals surface area contributed by atoms with Crippen LogP contribution in [-0.2, 0) is 5.54 Å². The fourth-order valence-corrected chi connectivity index (χ4v) is 2.12. The predicted molar refractivity (Wildman–Crippen MR) is 55.8 cm³/mol. The van der Waals surface area contributed by atoms with Crippen LogP contribution >= 0.6 is 0 Å². The largest absolute Gasteiger partial charge is 0.307 e. The third kappa shape index (κ3) is 1.37. The molecule has 1 aromatic rings. The standard InChI is InChI=1S/C12H17N/c1-3-12(7-8-13-12)11-6-4-5-10(2)9-11/h4-6,9,13H,3,7-8H2,1-2H3. The molecule has 0 aromatic heterocycles. The van der Waals surface area contributed by atoms with Crippen LogP contribution in [0.2, 0.25) is 0 Å². The van der Waals surface area contributed by atoms with Gasteiger partial charge in [0.2, 0.25) is 0 Å². The molecule has 1 heterocycles. The van der Waals surface area contributed by atoms with Gasteiger partial charge in [0.1, 0.15) is 0 Å². The molecule has 13 heavy (non-hydrogen) atoms. The Morgan fingerprint density at radius 3 is 2.69 bits per heavy atom. The highest BCUT2D eigenvalue weighted by Crippen LogP contribution is 2.34. The van der Waals surface area contributed by atoms with E-state index in [-0.39, 0.29) is 0 Å². The number of hydrogen-bond acceptors (Lipinski definition) is 1. The Balaban J connectivity index is 2.33. The number of rotatable bonds is 2. The quantitative estimate of drug-likeness (QED) is 0.728. The zero-order valence-electron chi connectivity index (χ0n) is 8.43. The van der Waals surface area contributed by atoms with Crippen LogP contribution < -0.4 is 5.32 Å². The molecule has 1 atom stereocenters. The van der Waals surface area contributed by atoms with Gasteiger partial charge in [-0.1, -0.05) is 36.8 Å². The van der Waals surface area contributed by atoms with Crippen LogP contribution in [0, 0.1) is 6.92 Å². The van der Waals surface area contributed by atoms with Gasteiger partial charge in [-0.05, 0) is 31.9 Å². The maximum absolute atomic E-state index is 3.55. The van der Waals surface area contributed by atoms with Crippen LogP contribution in [0.3, 0.4) is 0 Å². The van der Waals surface area contributed by atoms with Gasteiger partial charge in [0.25, 0.3) is 0 Å². The highest BCUT2D eigenvalue weighted by Gasteiger charge is 2.35. The fraction of sp³-hybridized carbons (Fsp3) is 0.500. The molecule has 0 bridgehead atoms. The van der Waals surface area contributed by atoms with Gasteiger partial charge >= 0.3 is 0 Å². The van der Waals surface area contributed by atoms with Crippen LogP contribution in [-0.4, -0.2) is 6.54 Å².